The second-order valence-electron chi connectivity index (χ2n) is 5.75. The molecule has 0 aliphatic heterocycles. The molecule has 25 heavy (non-hydrogen) atoms. The van der Waals surface area contributed by atoms with Crippen LogP contribution in [0.2, 0.25) is 5.02 Å². The summed E-state index contributed by atoms with van der Waals surface area (Å²) < 4.78 is 3.64. The molecule has 0 saturated carbocycles. The van der Waals surface area contributed by atoms with Crippen molar-refractivity contribution in [2.24, 2.45) is 7.05 Å². The predicted octanol–water partition coefficient (Wildman–Crippen LogP) is 3.11. The first-order chi connectivity index (χ1) is 12.0. The number of aryl methyl sites for hydroxylation is 2. The highest BCUT2D eigenvalue weighted by Crippen LogP contribution is 2.11. The van der Waals surface area contributed by atoms with Crippen LogP contribution in [0.1, 0.15) is 16.8 Å². The Hall–Kier alpha value is -2.38. The molecule has 2 heterocycles. The summed E-state index contributed by atoms with van der Waals surface area (Å²) in [4.78, 5) is 0. The van der Waals surface area contributed by atoms with Crippen molar-refractivity contribution in [3.63, 3.8) is 0 Å². The number of halogens is 1. The quantitative estimate of drug-likeness (QED) is 0.672. The Morgan fingerprint density at radius 2 is 1.96 bits per heavy atom. The minimum atomic E-state index is 0.528. The van der Waals surface area contributed by atoms with E-state index in [2.05, 4.69) is 20.8 Å². The molecule has 8 heteroatoms. The molecule has 3 rings (SSSR count). The lowest BCUT2D eigenvalue weighted by Crippen LogP contribution is -2.28. The molecule has 1 aromatic carbocycles. The van der Waals surface area contributed by atoms with E-state index in [9.17, 15) is 0 Å². The summed E-state index contributed by atoms with van der Waals surface area (Å²) >= 11 is 11.2. The number of rotatable bonds is 5. The van der Waals surface area contributed by atoms with Gasteiger partial charge in [-0.25, -0.2) is 0 Å². The maximum atomic E-state index is 5.90. The van der Waals surface area contributed by atoms with E-state index in [4.69, 9.17) is 23.8 Å². The van der Waals surface area contributed by atoms with E-state index in [1.165, 1.54) is 0 Å². The Morgan fingerprint density at radius 3 is 2.64 bits per heavy atom. The first kappa shape index (κ1) is 17.4. The van der Waals surface area contributed by atoms with Gasteiger partial charge in [-0.1, -0.05) is 23.7 Å². The Kier molecular flexibility index (Phi) is 5.35. The molecule has 130 valence electrons. The minimum Gasteiger partial charge on any atom is -0.358 e. The van der Waals surface area contributed by atoms with Gasteiger partial charge in [0.1, 0.15) is 0 Å². The fourth-order valence-electron chi connectivity index (χ4n) is 2.45. The molecular weight excluding hydrogens is 356 g/mol. The molecule has 0 radical (unpaired) electrons. The van der Waals surface area contributed by atoms with E-state index in [1.54, 1.807) is 4.68 Å². The van der Waals surface area contributed by atoms with Gasteiger partial charge in [0.2, 0.25) is 0 Å². The van der Waals surface area contributed by atoms with E-state index in [1.807, 2.05) is 61.4 Å². The Morgan fingerprint density at radius 1 is 1.20 bits per heavy atom. The topological polar surface area (TPSA) is 59.7 Å². The minimum absolute atomic E-state index is 0.528. The molecule has 0 unspecified atom stereocenters. The van der Waals surface area contributed by atoms with Crippen LogP contribution >= 0.6 is 23.8 Å². The van der Waals surface area contributed by atoms with Crippen molar-refractivity contribution >= 4 is 34.7 Å². The Labute approximate surface area is 156 Å². The van der Waals surface area contributed by atoms with E-state index in [0.717, 1.165) is 21.8 Å². The third-order valence-corrected chi connectivity index (χ3v) is 4.19. The Balaban J connectivity index is 1.53. The van der Waals surface area contributed by atoms with Crippen LogP contribution in [0.5, 0.6) is 0 Å². The number of nitrogens with zero attached hydrogens (tertiary/aromatic N) is 4. The molecule has 0 amide bonds. The average molecular weight is 375 g/mol. The predicted molar refractivity (Wildman–Crippen MR) is 104 cm³/mol. The van der Waals surface area contributed by atoms with Gasteiger partial charge < -0.3 is 10.6 Å². The molecule has 0 atom stereocenters. The summed E-state index contributed by atoms with van der Waals surface area (Å²) in [7, 11) is 1.90. The molecule has 0 spiro atoms. The van der Waals surface area contributed by atoms with Crippen molar-refractivity contribution in [2.45, 2.75) is 20.0 Å². The monoisotopic (exact) mass is 374 g/mol. The first-order valence-electron chi connectivity index (χ1n) is 7.81. The number of aromatic nitrogens is 4. The molecule has 0 aliphatic carbocycles. The van der Waals surface area contributed by atoms with Crippen LogP contribution in [0.25, 0.3) is 0 Å². The fourth-order valence-corrected chi connectivity index (χ4v) is 2.75. The molecule has 0 bridgehead atoms. The van der Waals surface area contributed by atoms with Gasteiger partial charge in [0, 0.05) is 42.6 Å². The molecule has 2 aromatic heterocycles. The summed E-state index contributed by atoms with van der Waals surface area (Å²) in [6.07, 6.45) is 3.89. The number of thiocarbonyl (C=S) groups is 1. The zero-order valence-electron chi connectivity index (χ0n) is 14.0. The molecule has 6 nitrogen and oxygen atoms in total. The number of anilines is 1. The standard InChI is InChI=1S/C17H19ClN6S/c1-12-14(11-23(2)21-12)9-19-17(25)20-16-7-8-24(22-16)10-13-3-5-15(18)6-4-13/h3-8,11H,9-10H2,1-2H3,(H2,19,20,22,25). The van der Waals surface area contributed by atoms with Crippen LogP contribution in [0.4, 0.5) is 5.82 Å². The number of benzene rings is 1. The van der Waals surface area contributed by atoms with Crippen LogP contribution in [0, 0.1) is 6.92 Å². The lowest BCUT2D eigenvalue weighted by Gasteiger charge is -2.08. The van der Waals surface area contributed by atoms with Gasteiger partial charge in [-0.2, -0.15) is 10.2 Å². The van der Waals surface area contributed by atoms with Gasteiger partial charge in [0.25, 0.3) is 0 Å². The summed E-state index contributed by atoms with van der Waals surface area (Å²) in [6, 6.07) is 9.61. The van der Waals surface area contributed by atoms with Gasteiger partial charge in [-0.05, 0) is 36.8 Å². The lowest BCUT2D eigenvalue weighted by atomic mass is 10.2. The van der Waals surface area contributed by atoms with Crippen LogP contribution in [-0.4, -0.2) is 24.7 Å². The van der Waals surface area contributed by atoms with Crippen LogP contribution in [0.3, 0.4) is 0 Å². The maximum absolute atomic E-state index is 5.90. The zero-order chi connectivity index (χ0) is 17.8. The van der Waals surface area contributed by atoms with E-state index < -0.39 is 0 Å². The Bertz CT molecular complexity index is 868. The van der Waals surface area contributed by atoms with Gasteiger partial charge in [0.15, 0.2) is 10.9 Å². The van der Waals surface area contributed by atoms with Crippen molar-refractivity contribution < 1.29 is 0 Å². The van der Waals surface area contributed by atoms with Gasteiger partial charge in [0.05, 0.1) is 12.2 Å². The van der Waals surface area contributed by atoms with Crippen molar-refractivity contribution in [2.75, 3.05) is 5.32 Å². The molecule has 3 aromatic rings. The maximum Gasteiger partial charge on any atom is 0.172 e. The molecule has 0 fully saturated rings. The molecule has 2 N–H and O–H groups in total. The molecular formula is C17H19ClN6S. The average Bonchev–Trinajstić information content (AvgIpc) is 3.13. The largest absolute Gasteiger partial charge is 0.358 e. The highest BCUT2D eigenvalue weighted by Gasteiger charge is 2.06. The van der Waals surface area contributed by atoms with Gasteiger partial charge in [-0.15, -0.1) is 0 Å². The second-order valence-corrected chi connectivity index (χ2v) is 6.59. The number of nitrogens with one attached hydrogen (secondary N) is 2. The van der Waals surface area contributed by atoms with Gasteiger partial charge in [-0.3, -0.25) is 9.36 Å². The number of hydrogen-bond acceptors (Lipinski definition) is 3. The highest BCUT2D eigenvalue weighted by molar-refractivity contribution is 7.80. The van der Waals surface area contributed by atoms with Crippen molar-refractivity contribution in [1.29, 1.82) is 0 Å². The summed E-state index contributed by atoms with van der Waals surface area (Å²) in [5, 5.41) is 16.3. The zero-order valence-corrected chi connectivity index (χ0v) is 15.6. The van der Waals surface area contributed by atoms with Gasteiger partial charge >= 0.3 is 0 Å². The van der Waals surface area contributed by atoms with Crippen molar-refractivity contribution in [3.8, 4) is 0 Å². The van der Waals surface area contributed by atoms with Crippen LogP contribution in [-0.2, 0) is 20.1 Å². The first-order valence-corrected chi connectivity index (χ1v) is 8.60. The SMILES string of the molecule is Cc1nn(C)cc1CNC(=S)Nc1ccn(Cc2ccc(Cl)cc2)n1. The summed E-state index contributed by atoms with van der Waals surface area (Å²) in [6.45, 7) is 3.27. The third kappa shape index (κ3) is 4.80. The van der Waals surface area contributed by atoms with Crippen molar-refractivity contribution in [3.05, 3.63) is 64.6 Å². The number of hydrogen-bond donors (Lipinski definition) is 2. The lowest BCUT2D eigenvalue weighted by molar-refractivity contribution is 0.690. The van der Waals surface area contributed by atoms with E-state index in [0.29, 0.717) is 24.0 Å². The van der Waals surface area contributed by atoms with Crippen molar-refractivity contribution in [1.82, 2.24) is 24.9 Å². The summed E-state index contributed by atoms with van der Waals surface area (Å²) in [5.41, 5.74) is 3.23. The third-order valence-electron chi connectivity index (χ3n) is 3.69. The molecule has 0 aliphatic rings. The smallest absolute Gasteiger partial charge is 0.172 e. The molecule has 0 saturated heterocycles. The van der Waals surface area contributed by atoms with E-state index in [-0.39, 0.29) is 0 Å². The second kappa shape index (κ2) is 7.67. The fraction of sp³-hybridized carbons (Fsp3) is 0.235. The van der Waals surface area contributed by atoms with E-state index >= 15 is 0 Å². The normalized spacial score (nSPS) is 10.7. The van der Waals surface area contributed by atoms with Crippen LogP contribution in [0.15, 0.2) is 42.7 Å². The van der Waals surface area contributed by atoms with Crippen LogP contribution < -0.4 is 10.6 Å². The summed E-state index contributed by atoms with van der Waals surface area (Å²) in [5.74, 6) is 0.703. The highest BCUT2D eigenvalue weighted by atomic mass is 35.5.